The molecular formula is C20H18N2O5S. The number of ketones is 1. The van der Waals surface area contributed by atoms with Crippen molar-refractivity contribution in [2.24, 2.45) is 0 Å². The lowest BCUT2D eigenvalue weighted by Gasteiger charge is -2.23. The summed E-state index contributed by atoms with van der Waals surface area (Å²) < 4.78 is 4.98. The molecule has 1 aliphatic rings. The monoisotopic (exact) mass is 398 g/mol. The molecule has 28 heavy (non-hydrogen) atoms. The van der Waals surface area contributed by atoms with Gasteiger partial charge in [0.25, 0.3) is 5.91 Å². The summed E-state index contributed by atoms with van der Waals surface area (Å²) in [5, 5.41) is 4.70. The van der Waals surface area contributed by atoms with Crippen molar-refractivity contribution in [1.29, 1.82) is 0 Å². The van der Waals surface area contributed by atoms with Crippen LogP contribution in [0.5, 0.6) is 0 Å². The molecule has 2 aromatic carbocycles. The maximum absolute atomic E-state index is 12.1. The molecule has 0 fully saturated rings. The predicted molar refractivity (Wildman–Crippen MR) is 105 cm³/mol. The van der Waals surface area contributed by atoms with Crippen molar-refractivity contribution in [3.05, 3.63) is 54.1 Å². The van der Waals surface area contributed by atoms with E-state index in [1.807, 2.05) is 18.2 Å². The molecule has 3 rings (SSSR count). The molecule has 0 bridgehead atoms. The van der Waals surface area contributed by atoms with Gasteiger partial charge in [0.05, 0.1) is 17.4 Å². The molecule has 1 atom stereocenters. The summed E-state index contributed by atoms with van der Waals surface area (Å²) in [6, 6.07) is 13.8. The zero-order valence-corrected chi connectivity index (χ0v) is 15.9. The van der Waals surface area contributed by atoms with Crippen molar-refractivity contribution in [2.75, 3.05) is 17.2 Å². The Kier molecular flexibility index (Phi) is 6.10. The van der Waals surface area contributed by atoms with Crippen LogP contribution >= 0.6 is 11.8 Å². The average Bonchev–Trinajstić information content (AvgIpc) is 2.67. The molecule has 1 aliphatic heterocycles. The smallest absolute Gasteiger partial charge is 0.307 e. The zero-order valence-electron chi connectivity index (χ0n) is 15.1. The number of fused-ring (bicyclic) bond motifs is 1. The fourth-order valence-electron chi connectivity index (χ4n) is 2.60. The first-order valence-corrected chi connectivity index (χ1v) is 9.43. The van der Waals surface area contributed by atoms with Crippen molar-refractivity contribution in [3.8, 4) is 0 Å². The maximum Gasteiger partial charge on any atom is 0.307 e. The van der Waals surface area contributed by atoms with Gasteiger partial charge in [-0.05, 0) is 31.2 Å². The van der Waals surface area contributed by atoms with Crippen LogP contribution in [-0.4, -0.2) is 35.4 Å². The van der Waals surface area contributed by atoms with E-state index in [4.69, 9.17) is 4.74 Å². The summed E-state index contributed by atoms with van der Waals surface area (Å²) in [4.78, 5) is 48.4. The fraction of sp³-hybridized carbons (Fsp3) is 0.200. The average molecular weight is 398 g/mol. The minimum atomic E-state index is -0.639. The minimum Gasteiger partial charge on any atom is -0.456 e. The lowest BCUT2D eigenvalue weighted by Crippen LogP contribution is -2.32. The van der Waals surface area contributed by atoms with Gasteiger partial charge in [0, 0.05) is 16.1 Å². The van der Waals surface area contributed by atoms with Crippen LogP contribution < -0.4 is 10.6 Å². The number of thioether (sulfide) groups is 1. The summed E-state index contributed by atoms with van der Waals surface area (Å²) in [7, 11) is 0. The third kappa shape index (κ3) is 4.98. The number of para-hydroxylation sites is 1. The summed E-state index contributed by atoms with van der Waals surface area (Å²) >= 11 is 1.29. The van der Waals surface area contributed by atoms with Gasteiger partial charge in [-0.15, -0.1) is 11.8 Å². The number of esters is 1. The summed E-state index contributed by atoms with van der Waals surface area (Å²) in [5.41, 5.74) is 1.62. The van der Waals surface area contributed by atoms with Crippen molar-refractivity contribution in [1.82, 2.24) is 0 Å². The highest BCUT2D eigenvalue weighted by Crippen LogP contribution is 2.36. The van der Waals surface area contributed by atoms with Crippen molar-refractivity contribution in [2.45, 2.75) is 23.5 Å². The van der Waals surface area contributed by atoms with Crippen molar-refractivity contribution >= 4 is 46.7 Å². The number of carbonyl (C=O) groups is 4. The van der Waals surface area contributed by atoms with Crippen molar-refractivity contribution in [3.63, 3.8) is 0 Å². The SMILES string of the molecule is CC(=O)c1cccc(NC(=O)COC(=O)C[C@H]2Sc3ccccc3NC2=O)c1. The number of rotatable bonds is 6. The largest absolute Gasteiger partial charge is 0.456 e. The standard InChI is InChI=1S/C20H18N2O5S/c1-12(23)13-5-4-6-14(9-13)21-18(24)11-27-19(25)10-17-20(26)22-15-7-2-3-8-16(15)28-17/h2-9,17H,10-11H2,1H3,(H,21,24)(H,22,26)/t17-/m1/s1. The molecule has 0 saturated heterocycles. The second kappa shape index (κ2) is 8.71. The molecule has 2 aromatic rings. The molecule has 7 nitrogen and oxygen atoms in total. The maximum atomic E-state index is 12.1. The van der Waals surface area contributed by atoms with E-state index in [0.717, 1.165) is 4.90 Å². The van der Waals surface area contributed by atoms with Gasteiger partial charge in [-0.2, -0.15) is 0 Å². The van der Waals surface area contributed by atoms with Gasteiger partial charge < -0.3 is 15.4 Å². The predicted octanol–water partition coefficient (Wildman–Crippen LogP) is 2.87. The number of carbonyl (C=O) groups excluding carboxylic acids is 4. The van der Waals surface area contributed by atoms with Gasteiger partial charge in [0.2, 0.25) is 5.91 Å². The number of hydrogen-bond acceptors (Lipinski definition) is 6. The second-order valence-corrected chi connectivity index (χ2v) is 7.39. The first-order valence-electron chi connectivity index (χ1n) is 8.55. The van der Waals surface area contributed by atoms with E-state index in [-0.39, 0.29) is 18.1 Å². The molecule has 0 spiro atoms. The first-order chi connectivity index (χ1) is 13.4. The third-order valence-corrected chi connectivity index (χ3v) is 5.25. The van der Waals surface area contributed by atoms with E-state index >= 15 is 0 Å². The topological polar surface area (TPSA) is 102 Å². The van der Waals surface area contributed by atoms with Crippen LogP contribution in [0.25, 0.3) is 0 Å². The number of nitrogens with one attached hydrogen (secondary N) is 2. The van der Waals surface area contributed by atoms with Crippen LogP contribution in [0.3, 0.4) is 0 Å². The van der Waals surface area contributed by atoms with E-state index in [1.54, 1.807) is 30.3 Å². The normalized spacial score (nSPS) is 15.2. The van der Waals surface area contributed by atoms with Crippen LogP contribution in [0.1, 0.15) is 23.7 Å². The van der Waals surface area contributed by atoms with E-state index in [1.165, 1.54) is 18.7 Å². The number of benzene rings is 2. The number of hydrogen-bond donors (Lipinski definition) is 2. The highest BCUT2D eigenvalue weighted by molar-refractivity contribution is 8.01. The molecule has 2 N–H and O–H groups in total. The Hall–Kier alpha value is -3.13. The molecule has 0 aromatic heterocycles. The second-order valence-electron chi connectivity index (χ2n) is 6.14. The molecule has 8 heteroatoms. The lowest BCUT2D eigenvalue weighted by molar-refractivity contribution is -0.147. The number of anilines is 2. The van der Waals surface area contributed by atoms with Crippen LogP contribution in [-0.2, 0) is 19.1 Å². The molecule has 0 radical (unpaired) electrons. The van der Waals surface area contributed by atoms with E-state index in [2.05, 4.69) is 10.6 Å². The van der Waals surface area contributed by atoms with Crippen LogP contribution in [0, 0.1) is 0 Å². The highest BCUT2D eigenvalue weighted by atomic mass is 32.2. The molecule has 2 amide bonds. The minimum absolute atomic E-state index is 0.118. The van der Waals surface area contributed by atoms with Crippen LogP contribution in [0.4, 0.5) is 11.4 Å². The first kappa shape index (κ1) is 19.6. The quantitative estimate of drug-likeness (QED) is 0.573. The molecule has 144 valence electrons. The Balaban J connectivity index is 1.49. The van der Waals surface area contributed by atoms with Crippen LogP contribution in [0.15, 0.2) is 53.4 Å². The molecule has 0 unspecified atom stereocenters. The molecule has 0 aliphatic carbocycles. The highest BCUT2D eigenvalue weighted by Gasteiger charge is 2.29. The Bertz CT molecular complexity index is 944. The Morgan fingerprint density at radius 2 is 1.93 bits per heavy atom. The summed E-state index contributed by atoms with van der Waals surface area (Å²) in [6.07, 6.45) is -0.141. The van der Waals surface area contributed by atoms with Crippen molar-refractivity contribution < 1.29 is 23.9 Å². The van der Waals surface area contributed by atoms with Gasteiger partial charge in [-0.3, -0.25) is 19.2 Å². The Morgan fingerprint density at radius 3 is 2.71 bits per heavy atom. The number of amides is 2. The van der Waals surface area contributed by atoms with E-state index < -0.39 is 23.7 Å². The van der Waals surface area contributed by atoms with Gasteiger partial charge in [0.15, 0.2) is 12.4 Å². The van der Waals surface area contributed by atoms with Gasteiger partial charge >= 0.3 is 5.97 Å². The van der Waals surface area contributed by atoms with E-state index in [0.29, 0.717) is 16.9 Å². The van der Waals surface area contributed by atoms with Gasteiger partial charge in [0.1, 0.15) is 0 Å². The summed E-state index contributed by atoms with van der Waals surface area (Å²) in [5.74, 6) is -1.56. The van der Waals surface area contributed by atoms with Crippen LogP contribution in [0.2, 0.25) is 0 Å². The number of Topliss-reactive ketones (excluding diaryl/α,β-unsaturated/α-hetero) is 1. The molecular weight excluding hydrogens is 380 g/mol. The summed E-state index contributed by atoms with van der Waals surface area (Å²) in [6.45, 7) is 0.958. The van der Waals surface area contributed by atoms with E-state index in [9.17, 15) is 19.2 Å². The molecule has 1 heterocycles. The van der Waals surface area contributed by atoms with Gasteiger partial charge in [-0.25, -0.2) is 0 Å². The zero-order chi connectivity index (χ0) is 20.1. The molecule has 0 saturated carbocycles. The Labute approximate surface area is 165 Å². The Morgan fingerprint density at radius 1 is 1.14 bits per heavy atom. The van der Waals surface area contributed by atoms with Gasteiger partial charge in [-0.1, -0.05) is 24.3 Å². The number of ether oxygens (including phenoxy) is 1. The third-order valence-electron chi connectivity index (χ3n) is 3.98. The lowest BCUT2D eigenvalue weighted by atomic mass is 10.1. The fourth-order valence-corrected chi connectivity index (χ4v) is 3.69.